The molecule has 0 aromatic heterocycles. The van der Waals surface area contributed by atoms with Gasteiger partial charge in [0, 0.05) is 18.2 Å². The van der Waals surface area contributed by atoms with Crippen molar-refractivity contribution >= 4 is 23.2 Å². The average Bonchev–Trinajstić information content (AvgIpc) is 3.21. The third-order valence-corrected chi connectivity index (χ3v) is 4.45. The van der Waals surface area contributed by atoms with E-state index in [4.69, 9.17) is 29.1 Å². The molecule has 174 valence electrons. The second-order valence-electron chi connectivity index (χ2n) is 6.64. The Hall–Kier alpha value is -3.92. The van der Waals surface area contributed by atoms with E-state index in [9.17, 15) is 0 Å². The van der Waals surface area contributed by atoms with E-state index in [2.05, 4.69) is 20.5 Å². The molecule has 2 aromatic carbocycles. The van der Waals surface area contributed by atoms with Gasteiger partial charge in [0.15, 0.2) is 12.3 Å². The first-order valence-electron chi connectivity index (χ1n) is 10.2. The third kappa shape index (κ3) is 6.07. The molecule has 0 radical (unpaired) electrons. The second-order valence-corrected chi connectivity index (χ2v) is 6.64. The van der Waals surface area contributed by atoms with Crippen LogP contribution in [0.1, 0.15) is 16.7 Å². The number of aliphatic imine (C=N–C) groups is 1. The fraction of sp³-hybridized carbons (Fsp3) is 0.304. The molecular weight excluding hydrogens is 428 g/mol. The quantitative estimate of drug-likeness (QED) is 0.407. The highest BCUT2D eigenvalue weighted by Gasteiger charge is 2.26. The lowest BCUT2D eigenvalue weighted by atomic mass is 10.0. The molecule has 0 saturated carbocycles. The number of aliphatic hydroxyl groups is 1. The molecule has 10 heteroatoms. The molecular formula is C23H26N4O6. The van der Waals surface area contributed by atoms with Crippen molar-refractivity contribution in [1.82, 2.24) is 0 Å². The van der Waals surface area contributed by atoms with Crippen LogP contribution >= 0.6 is 0 Å². The van der Waals surface area contributed by atoms with Gasteiger partial charge in [-0.15, -0.1) is 0 Å². The smallest absolute Gasteiger partial charge is 0.282 e. The van der Waals surface area contributed by atoms with Gasteiger partial charge < -0.3 is 29.1 Å². The van der Waals surface area contributed by atoms with Crippen LogP contribution in [-0.4, -0.2) is 68.9 Å². The standard InChI is InChI=1S/C12H14N2O3.C11H12N2O3/c1-9-5-3-4-6-10(9)11(13-15-2)12-14-17-8-7-16-12;1-12-10-8-4-2-3-5-9(8)16-11(10)13-15-7-6-14/h3-6H,7-8H2,1-2H3;2-5,14H,6-7H2,1H3/b13-11-;. The highest BCUT2D eigenvalue weighted by Crippen LogP contribution is 2.26. The summed E-state index contributed by atoms with van der Waals surface area (Å²) in [5.41, 5.74) is 4.09. The molecule has 0 amide bonds. The number of hydrogen-bond donors (Lipinski definition) is 1. The van der Waals surface area contributed by atoms with Gasteiger partial charge in [0.25, 0.3) is 11.8 Å². The number of aliphatic hydroxyl groups excluding tert-OH is 1. The normalized spacial score (nSPS) is 17.1. The van der Waals surface area contributed by atoms with E-state index in [0.717, 1.165) is 22.4 Å². The summed E-state index contributed by atoms with van der Waals surface area (Å²) in [5.74, 6) is 1.40. The lowest BCUT2D eigenvalue weighted by Gasteiger charge is -2.15. The van der Waals surface area contributed by atoms with Gasteiger partial charge in [-0.25, -0.2) is 0 Å². The Labute approximate surface area is 191 Å². The predicted octanol–water partition coefficient (Wildman–Crippen LogP) is 2.53. The van der Waals surface area contributed by atoms with E-state index < -0.39 is 0 Å². The van der Waals surface area contributed by atoms with E-state index in [1.807, 2.05) is 55.5 Å². The van der Waals surface area contributed by atoms with Crippen molar-refractivity contribution in [2.45, 2.75) is 6.92 Å². The molecule has 2 heterocycles. The lowest BCUT2D eigenvalue weighted by Crippen LogP contribution is -2.26. The molecule has 0 fully saturated rings. The van der Waals surface area contributed by atoms with Gasteiger partial charge in [-0.3, -0.25) is 4.99 Å². The second kappa shape index (κ2) is 12.2. The maximum Gasteiger partial charge on any atom is 0.282 e. The predicted molar refractivity (Wildman–Crippen MR) is 124 cm³/mol. The number of rotatable bonds is 6. The summed E-state index contributed by atoms with van der Waals surface area (Å²) in [7, 11) is 3.16. The monoisotopic (exact) mass is 454 g/mol. The number of fused-ring (bicyclic) bond motifs is 1. The van der Waals surface area contributed by atoms with E-state index >= 15 is 0 Å². The van der Waals surface area contributed by atoms with Crippen LogP contribution in [0.5, 0.6) is 5.75 Å². The maximum atomic E-state index is 8.57. The molecule has 0 bridgehead atoms. The van der Waals surface area contributed by atoms with Gasteiger partial charge in [0.05, 0.1) is 6.61 Å². The SMILES string of the molecule is CN=C1C(=NOCCO)Oc2ccccc21.CO/N=C(\C1=NOCCO1)c1ccccc1C. The zero-order valence-corrected chi connectivity index (χ0v) is 18.7. The Balaban J connectivity index is 0.000000186. The molecule has 2 aliphatic rings. The van der Waals surface area contributed by atoms with Crippen LogP contribution in [0.3, 0.4) is 0 Å². The highest BCUT2D eigenvalue weighted by molar-refractivity contribution is 6.48. The first-order valence-corrected chi connectivity index (χ1v) is 10.2. The number of ether oxygens (including phenoxy) is 2. The molecule has 2 aliphatic heterocycles. The van der Waals surface area contributed by atoms with Gasteiger partial charge in [-0.1, -0.05) is 41.6 Å². The van der Waals surface area contributed by atoms with Crippen LogP contribution in [0.25, 0.3) is 0 Å². The molecule has 1 N–H and O–H groups in total. The Morgan fingerprint density at radius 1 is 1.12 bits per heavy atom. The number of para-hydroxylation sites is 1. The first-order chi connectivity index (χ1) is 16.2. The van der Waals surface area contributed by atoms with E-state index in [0.29, 0.717) is 36.4 Å². The molecule has 0 spiro atoms. The summed E-state index contributed by atoms with van der Waals surface area (Å²) in [6.07, 6.45) is 0. The van der Waals surface area contributed by atoms with Gasteiger partial charge in [-0.2, -0.15) is 0 Å². The topological polar surface area (TPSA) is 116 Å². The van der Waals surface area contributed by atoms with Crippen molar-refractivity contribution < 1.29 is 29.1 Å². The van der Waals surface area contributed by atoms with Crippen molar-refractivity contribution in [1.29, 1.82) is 0 Å². The molecule has 0 aliphatic carbocycles. The molecule has 0 unspecified atom stereocenters. The number of nitrogens with zero attached hydrogens (tertiary/aromatic N) is 4. The first kappa shape index (κ1) is 23.7. The van der Waals surface area contributed by atoms with E-state index in [1.54, 1.807) is 7.05 Å². The zero-order valence-electron chi connectivity index (χ0n) is 18.7. The third-order valence-electron chi connectivity index (χ3n) is 4.45. The van der Waals surface area contributed by atoms with Crippen molar-refractivity contribution in [3.8, 4) is 5.75 Å². The number of aryl methyl sites for hydroxylation is 1. The Morgan fingerprint density at radius 3 is 2.61 bits per heavy atom. The van der Waals surface area contributed by atoms with E-state index in [-0.39, 0.29) is 13.2 Å². The Morgan fingerprint density at radius 2 is 1.91 bits per heavy atom. The van der Waals surface area contributed by atoms with Crippen molar-refractivity contribution in [2.24, 2.45) is 20.5 Å². The van der Waals surface area contributed by atoms with Crippen molar-refractivity contribution in [2.75, 3.05) is 40.6 Å². The fourth-order valence-electron chi connectivity index (χ4n) is 2.99. The Bertz CT molecular complexity index is 1060. The van der Waals surface area contributed by atoms with Crippen LogP contribution in [-0.2, 0) is 19.2 Å². The number of oxime groups is 3. The van der Waals surface area contributed by atoms with Crippen molar-refractivity contribution in [3.05, 3.63) is 65.2 Å². The van der Waals surface area contributed by atoms with Crippen LogP contribution in [0.2, 0.25) is 0 Å². The van der Waals surface area contributed by atoms with E-state index in [1.165, 1.54) is 7.11 Å². The van der Waals surface area contributed by atoms with Crippen LogP contribution in [0.15, 0.2) is 69.0 Å². The Kier molecular flexibility index (Phi) is 8.78. The summed E-state index contributed by atoms with van der Waals surface area (Å²) in [6.45, 7) is 2.97. The minimum absolute atomic E-state index is 0.0810. The molecule has 0 saturated heterocycles. The van der Waals surface area contributed by atoms with Crippen molar-refractivity contribution in [3.63, 3.8) is 0 Å². The van der Waals surface area contributed by atoms with Crippen LogP contribution in [0.4, 0.5) is 0 Å². The summed E-state index contributed by atoms with van der Waals surface area (Å²) < 4.78 is 10.9. The van der Waals surface area contributed by atoms with Gasteiger partial charge in [-0.05, 0) is 34.9 Å². The molecule has 2 aromatic rings. The zero-order chi connectivity index (χ0) is 23.5. The minimum Gasteiger partial charge on any atom is -0.470 e. The number of benzene rings is 2. The average molecular weight is 454 g/mol. The summed E-state index contributed by atoms with van der Waals surface area (Å²) in [5, 5.41) is 20.2. The maximum absolute atomic E-state index is 8.57. The van der Waals surface area contributed by atoms with Crippen LogP contribution < -0.4 is 4.74 Å². The highest BCUT2D eigenvalue weighted by atomic mass is 16.7. The van der Waals surface area contributed by atoms with Crippen LogP contribution in [0, 0.1) is 6.92 Å². The summed E-state index contributed by atoms with van der Waals surface area (Å²) in [4.78, 5) is 18.8. The lowest BCUT2D eigenvalue weighted by molar-refractivity contribution is 0.0672. The minimum atomic E-state index is -0.0810. The number of hydrogen-bond acceptors (Lipinski definition) is 10. The largest absolute Gasteiger partial charge is 0.470 e. The van der Waals surface area contributed by atoms with Gasteiger partial charge in [0.1, 0.15) is 31.8 Å². The molecule has 0 atom stereocenters. The molecule has 10 nitrogen and oxygen atoms in total. The summed E-state index contributed by atoms with van der Waals surface area (Å²) >= 11 is 0. The van der Waals surface area contributed by atoms with Gasteiger partial charge in [0.2, 0.25) is 0 Å². The fourth-order valence-corrected chi connectivity index (χ4v) is 2.99. The molecule has 4 rings (SSSR count). The summed E-state index contributed by atoms with van der Waals surface area (Å²) in [6, 6.07) is 15.4. The molecule has 33 heavy (non-hydrogen) atoms. The van der Waals surface area contributed by atoms with Gasteiger partial charge >= 0.3 is 0 Å².